The van der Waals surface area contributed by atoms with E-state index >= 15 is 0 Å². The Morgan fingerprint density at radius 2 is 1.95 bits per heavy atom. The van der Waals surface area contributed by atoms with Gasteiger partial charge in [0.1, 0.15) is 17.9 Å². The molecule has 1 aliphatic heterocycles. The van der Waals surface area contributed by atoms with Gasteiger partial charge in [-0.15, -0.1) is 0 Å². The van der Waals surface area contributed by atoms with E-state index in [1.807, 2.05) is 0 Å². The summed E-state index contributed by atoms with van der Waals surface area (Å²) in [5, 5.41) is 0. The number of hydrogen-bond donors (Lipinski definition) is 0. The summed E-state index contributed by atoms with van der Waals surface area (Å²) in [6, 6.07) is 1.27. The summed E-state index contributed by atoms with van der Waals surface area (Å²) >= 11 is 0. The van der Waals surface area contributed by atoms with Crippen molar-refractivity contribution in [3.05, 3.63) is 34.4 Å². The van der Waals surface area contributed by atoms with Crippen LogP contribution in [0.2, 0.25) is 0 Å². The Hall–Kier alpha value is -1.78. The molecule has 1 aliphatic carbocycles. The molecule has 0 N–H and O–H groups in total. The van der Waals surface area contributed by atoms with Crippen molar-refractivity contribution in [1.82, 2.24) is 4.90 Å². The maximum Gasteiger partial charge on any atom is 0.257 e. The Balaban J connectivity index is 1.72. The first-order valence-electron chi connectivity index (χ1n) is 7.73. The second-order valence-corrected chi connectivity index (χ2v) is 6.43. The Morgan fingerprint density at radius 3 is 2.59 bits per heavy atom. The van der Waals surface area contributed by atoms with E-state index in [2.05, 4.69) is 0 Å². The van der Waals surface area contributed by atoms with Crippen molar-refractivity contribution in [2.75, 3.05) is 6.54 Å². The monoisotopic (exact) mass is 307 g/mol. The van der Waals surface area contributed by atoms with Crippen LogP contribution in [0, 0.1) is 30.4 Å². The molecule has 1 aromatic carbocycles. The minimum Gasteiger partial charge on any atom is -0.334 e. The zero-order chi connectivity index (χ0) is 15.9. The van der Waals surface area contributed by atoms with Gasteiger partial charge in [0.2, 0.25) is 0 Å². The van der Waals surface area contributed by atoms with Crippen LogP contribution in [0.4, 0.5) is 8.78 Å². The van der Waals surface area contributed by atoms with Gasteiger partial charge in [0.15, 0.2) is 0 Å². The Bertz CT molecular complexity index is 622. The largest absolute Gasteiger partial charge is 0.334 e. The van der Waals surface area contributed by atoms with Crippen LogP contribution in [0.5, 0.6) is 0 Å². The van der Waals surface area contributed by atoms with E-state index in [0.29, 0.717) is 18.0 Å². The average molecular weight is 307 g/mol. The zero-order valence-corrected chi connectivity index (χ0v) is 12.6. The maximum atomic E-state index is 14.1. The first-order chi connectivity index (χ1) is 10.5. The molecule has 0 radical (unpaired) electrons. The smallest absolute Gasteiger partial charge is 0.257 e. The molecule has 0 aromatic heterocycles. The topological polar surface area (TPSA) is 37.4 Å². The molecule has 0 saturated heterocycles. The molecule has 1 amide bonds. The lowest BCUT2D eigenvalue weighted by Gasteiger charge is -2.29. The third kappa shape index (κ3) is 2.53. The predicted molar refractivity (Wildman–Crippen MR) is 77.3 cm³/mol. The fourth-order valence-electron chi connectivity index (χ4n) is 3.52. The number of fused-ring (bicyclic) bond motifs is 1. The lowest BCUT2D eigenvalue weighted by molar-refractivity contribution is -0.112. The predicted octanol–water partition coefficient (Wildman–Crippen LogP) is 3.23. The van der Waals surface area contributed by atoms with Gasteiger partial charge in [-0.3, -0.25) is 4.79 Å². The molecular weight excluding hydrogens is 288 g/mol. The van der Waals surface area contributed by atoms with Gasteiger partial charge >= 0.3 is 0 Å². The van der Waals surface area contributed by atoms with E-state index in [-0.39, 0.29) is 29.5 Å². The van der Waals surface area contributed by atoms with Crippen LogP contribution in [0.3, 0.4) is 0 Å². The molecule has 1 fully saturated rings. The van der Waals surface area contributed by atoms with Crippen molar-refractivity contribution in [1.29, 1.82) is 0 Å². The minimum absolute atomic E-state index is 0.0282. The molecule has 2 aliphatic rings. The van der Waals surface area contributed by atoms with Crippen LogP contribution in [0.1, 0.15) is 47.2 Å². The van der Waals surface area contributed by atoms with E-state index in [9.17, 15) is 18.4 Å². The number of aldehydes is 1. The van der Waals surface area contributed by atoms with Gasteiger partial charge in [0.25, 0.3) is 5.91 Å². The van der Waals surface area contributed by atoms with Crippen LogP contribution in [0.15, 0.2) is 6.07 Å². The van der Waals surface area contributed by atoms with Crippen LogP contribution in [-0.2, 0) is 11.3 Å². The highest BCUT2D eigenvalue weighted by Crippen LogP contribution is 2.33. The summed E-state index contributed by atoms with van der Waals surface area (Å²) in [5.41, 5.74) is 0.369. The molecule has 0 spiro atoms. The van der Waals surface area contributed by atoms with E-state index in [0.717, 1.165) is 32.0 Å². The third-order valence-electron chi connectivity index (χ3n) is 4.95. The van der Waals surface area contributed by atoms with Gasteiger partial charge in [-0.05, 0) is 50.2 Å². The number of nitrogens with zero attached hydrogens (tertiary/aromatic N) is 1. The van der Waals surface area contributed by atoms with E-state index in [1.54, 1.807) is 4.90 Å². The molecule has 5 heteroatoms. The zero-order valence-electron chi connectivity index (χ0n) is 12.6. The summed E-state index contributed by atoms with van der Waals surface area (Å²) in [6.45, 7) is 2.18. The highest BCUT2D eigenvalue weighted by atomic mass is 19.1. The highest BCUT2D eigenvalue weighted by Gasteiger charge is 2.34. The molecule has 1 saturated carbocycles. The SMILES string of the molecule is Cc1c(F)cc2c(c1F)C(=O)N(C[C@H]1CC[C@H](C=O)CC1)C2. The number of benzene rings is 1. The molecule has 1 aromatic rings. The van der Waals surface area contributed by atoms with Gasteiger partial charge in [-0.25, -0.2) is 8.78 Å². The van der Waals surface area contributed by atoms with Crippen LogP contribution in [-0.4, -0.2) is 23.6 Å². The van der Waals surface area contributed by atoms with Crippen LogP contribution >= 0.6 is 0 Å². The number of carbonyl (C=O) groups excluding carboxylic acids is 2. The first kappa shape index (κ1) is 15.1. The second-order valence-electron chi connectivity index (χ2n) is 6.43. The summed E-state index contributed by atoms with van der Waals surface area (Å²) in [4.78, 5) is 24.8. The number of rotatable bonds is 3. The van der Waals surface area contributed by atoms with Crippen molar-refractivity contribution >= 4 is 12.2 Å². The second kappa shape index (κ2) is 5.78. The Kier molecular flexibility index (Phi) is 3.98. The van der Waals surface area contributed by atoms with Gasteiger partial charge in [0, 0.05) is 24.6 Å². The molecule has 0 atom stereocenters. The van der Waals surface area contributed by atoms with Crippen molar-refractivity contribution in [3.8, 4) is 0 Å². The number of halogens is 2. The van der Waals surface area contributed by atoms with Crippen molar-refractivity contribution in [3.63, 3.8) is 0 Å². The molecule has 1 heterocycles. The van der Waals surface area contributed by atoms with Gasteiger partial charge in [0.05, 0.1) is 5.56 Å². The minimum atomic E-state index is -0.729. The van der Waals surface area contributed by atoms with Crippen LogP contribution in [0.25, 0.3) is 0 Å². The van der Waals surface area contributed by atoms with Crippen molar-refractivity contribution in [2.24, 2.45) is 11.8 Å². The molecule has 3 nitrogen and oxygen atoms in total. The van der Waals surface area contributed by atoms with E-state index in [1.165, 1.54) is 13.0 Å². The summed E-state index contributed by atoms with van der Waals surface area (Å²) in [5.74, 6) is -1.20. The summed E-state index contributed by atoms with van der Waals surface area (Å²) in [6.07, 6.45) is 4.52. The lowest BCUT2D eigenvalue weighted by atomic mass is 9.82. The molecule has 22 heavy (non-hydrogen) atoms. The standard InChI is InChI=1S/C17H19F2NO2/c1-10-14(18)6-13-8-20(17(22)15(13)16(10)19)7-11-2-4-12(9-21)5-3-11/h6,9,11-12H,2-5,7-8H2,1H3/t11-,12-. The Labute approximate surface area is 128 Å². The maximum absolute atomic E-state index is 14.1. The number of hydrogen-bond acceptors (Lipinski definition) is 2. The van der Waals surface area contributed by atoms with Crippen molar-refractivity contribution < 1.29 is 18.4 Å². The summed E-state index contributed by atoms with van der Waals surface area (Å²) in [7, 11) is 0. The lowest BCUT2D eigenvalue weighted by Crippen LogP contribution is -2.32. The van der Waals surface area contributed by atoms with Gasteiger partial charge in [-0.2, -0.15) is 0 Å². The fourth-order valence-corrected chi connectivity index (χ4v) is 3.52. The Morgan fingerprint density at radius 1 is 1.27 bits per heavy atom. The summed E-state index contributed by atoms with van der Waals surface area (Å²) < 4.78 is 27.8. The fraction of sp³-hybridized carbons (Fsp3) is 0.529. The first-order valence-corrected chi connectivity index (χ1v) is 7.73. The van der Waals surface area contributed by atoms with Gasteiger partial charge < -0.3 is 9.69 Å². The number of carbonyl (C=O) groups is 2. The third-order valence-corrected chi connectivity index (χ3v) is 4.95. The van der Waals surface area contributed by atoms with E-state index in [4.69, 9.17) is 0 Å². The van der Waals surface area contributed by atoms with Crippen molar-refractivity contribution in [2.45, 2.75) is 39.2 Å². The molecular formula is C17H19F2NO2. The highest BCUT2D eigenvalue weighted by molar-refractivity contribution is 5.98. The van der Waals surface area contributed by atoms with Crippen LogP contribution < -0.4 is 0 Å². The molecule has 0 bridgehead atoms. The normalized spacial score (nSPS) is 24.5. The molecule has 118 valence electrons. The quantitative estimate of drug-likeness (QED) is 0.804. The molecule has 0 unspecified atom stereocenters. The van der Waals surface area contributed by atoms with Gasteiger partial charge in [-0.1, -0.05) is 0 Å². The van der Waals surface area contributed by atoms with E-state index < -0.39 is 11.6 Å². The number of amides is 1. The molecule has 3 rings (SSSR count). The average Bonchev–Trinajstić information content (AvgIpc) is 2.82.